The fourth-order valence-corrected chi connectivity index (χ4v) is 8.07. The van der Waals surface area contributed by atoms with Crippen LogP contribution in [0.4, 0.5) is 0 Å². The molecule has 0 spiro atoms. The van der Waals surface area contributed by atoms with E-state index in [2.05, 4.69) is 167 Å². The van der Waals surface area contributed by atoms with E-state index in [9.17, 15) is 0 Å². The monoisotopic (exact) mass is 580 g/mol. The van der Waals surface area contributed by atoms with Crippen LogP contribution >= 0.6 is 8.58 Å². The van der Waals surface area contributed by atoms with E-state index in [1.165, 1.54) is 77.3 Å². The van der Waals surface area contributed by atoms with Crippen LogP contribution in [0.2, 0.25) is 0 Å². The highest BCUT2D eigenvalue weighted by Gasteiger charge is 2.16. The normalized spacial score (nSPS) is 14.1. The van der Waals surface area contributed by atoms with Crippen LogP contribution in [0, 0.1) is 0 Å². The summed E-state index contributed by atoms with van der Waals surface area (Å²) in [6.45, 7) is 0. The standard InChI is InChI=1S/C41H29N2P/c1-5-19-38-34(15-1)35-16-2-6-20-39(35)42(38)32-13-9-11-28(24-32)30-23-31(27-44-26-30)29-12-10-14-33(25-29)43-40-21-7-3-17-36(40)37-18-4-8-22-41(37)43/h1-26,44H,27H2. The van der Waals surface area contributed by atoms with E-state index >= 15 is 0 Å². The van der Waals surface area contributed by atoms with Gasteiger partial charge in [0.1, 0.15) is 0 Å². The zero-order chi connectivity index (χ0) is 29.0. The Bertz CT molecular complexity index is 2350. The van der Waals surface area contributed by atoms with Crippen LogP contribution in [0.3, 0.4) is 0 Å². The molecular weight excluding hydrogens is 551 g/mol. The lowest BCUT2D eigenvalue weighted by atomic mass is 9.99. The first kappa shape index (κ1) is 25.3. The van der Waals surface area contributed by atoms with Crippen LogP contribution in [0.25, 0.3) is 66.1 Å². The molecule has 1 unspecified atom stereocenters. The van der Waals surface area contributed by atoms with Gasteiger partial charge in [0, 0.05) is 32.9 Å². The summed E-state index contributed by atoms with van der Waals surface area (Å²) in [6, 6.07) is 53.0. The SMILES string of the molecule is C1=C(c2cccc(-n3c4ccccc4c4ccccc43)c2)C=C(c2cccc(-n3c4ccccc4c4ccccc43)c2)CP1. The Morgan fingerprint density at radius 1 is 0.432 bits per heavy atom. The molecule has 3 heteroatoms. The van der Waals surface area contributed by atoms with E-state index in [-0.39, 0.29) is 0 Å². The molecule has 0 aliphatic carbocycles. The number of para-hydroxylation sites is 4. The molecule has 0 N–H and O–H groups in total. The van der Waals surface area contributed by atoms with Gasteiger partial charge in [0.25, 0.3) is 0 Å². The number of nitrogens with zero attached hydrogens (tertiary/aromatic N) is 2. The highest BCUT2D eigenvalue weighted by Crippen LogP contribution is 2.39. The van der Waals surface area contributed by atoms with Crippen molar-refractivity contribution in [1.29, 1.82) is 0 Å². The molecule has 1 aliphatic rings. The average Bonchev–Trinajstić information content (AvgIpc) is 3.62. The van der Waals surface area contributed by atoms with Crippen LogP contribution in [0.15, 0.2) is 157 Å². The molecule has 0 radical (unpaired) electrons. The zero-order valence-electron chi connectivity index (χ0n) is 24.1. The molecular formula is C41H29N2P. The topological polar surface area (TPSA) is 9.86 Å². The summed E-state index contributed by atoms with van der Waals surface area (Å²) in [5, 5.41) is 5.16. The van der Waals surface area contributed by atoms with Crippen LogP contribution in [0.1, 0.15) is 11.1 Å². The molecule has 1 aliphatic heterocycles. The molecule has 2 nitrogen and oxygen atoms in total. The number of rotatable bonds is 4. The van der Waals surface area contributed by atoms with E-state index in [1.807, 2.05) is 0 Å². The van der Waals surface area contributed by atoms with E-state index in [4.69, 9.17) is 0 Å². The highest BCUT2D eigenvalue weighted by atomic mass is 31.1. The zero-order valence-corrected chi connectivity index (χ0v) is 25.1. The van der Waals surface area contributed by atoms with Crippen LogP contribution < -0.4 is 0 Å². The van der Waals surface area contributed by atoms with Gasteiger partial charge in [0.2, 0.25) is 0 Å². The van der Waals surface area contributed by atoms with Gasteiger partial charge in [-0.1, -0.05) is 118 Å². The Hall–Kier alpha value is -5.17. The molecule has 6 aromatic carbocycles. The third kappa shape index (κ3) is 3.99. The van der Waals surface area contributed by atoms with Crippen molar-refractivity contribution < 1.29 is 0 Å². The predicted molar refractivity (Wildman–Crippen MR) is 191 cm³/mol. The summed E-state index contributed by atoms with van der Waals surface area (Å²) < 4.78 is 4.81. The van der Waals surface area contributed by atoms with E-state index < -0.39 is 0 Å². The maximum Gasteiger partial charge on any atom is 0.0541 e. The number of allylic oxidation sites excluding steroid dienone is 3. The van der Waals surface area contributed by atoms with Gasteiger partial charge in [-0.25, -0.2) is 0 Å². The second-order valence-electron chi connectivity index (χ2n) is 11.5. The molecule has 44 heavy (non-hydrogen) atoms. The molecule has 0 amide bonds. The van der Waals surface area contributed by atoms with Gasteiger partial charge in [-0.05, 0) is 77.0 Å². The molecule has 9 rings (SSSR count). The van der Waals surface area contributed by atoms with Crippen molar-refractivity contribution in [3.8, 4) is 11.4 Å². The van der Waals surface area contributed by atoms with Crippen LogP contribution in [-0.4, -0.2) is 15.3 Å². The Morgan fingerprint density at radius 2 is 0.864 bits per heavy atom. The van der Waals surface area contributed by atoms with Crippen molar-refractivity contribution in [3.05, 3.63) is 169 Å². The first-order valence-corrected chi connectivity index (χ1v) is 16.4. The summed E-state index contributed by atoms with van der Waals surface area (Å²) in [7, 11) is 0.746. The highest BCUT2D eigenvalue weighted by molar-refractivity contribution is 7.42. The summed E-state index contributed by atoms with van der Waals surface area (Å²) >= 11 is 0. The lowest BCUT2D eigenvalue weighted by molar-refractivity contribution is 1.18. The molecule has 3 heterocycles. The van der Waals surface area contributed by atoms with Gasteiger partial charge >= 0.3 is 0 Å². The maximum absolute atomic E-state index is 2.42. The fourth-order valence-electron chi connectivity index (χ4n) is 6.97. The van der Waals surface area contributed by atoms with Crippen LogP contribution in [-0.2, 0) is 0 Å². The fraction of sp³-hybridized carbons (Fsp3) is 0.0244. The molecule has 0 fully saturated rings. The smallest absolute Gasteiger partial charge is 0.0541 e. The molecule has 0 saturated carbocycles. The summed E-state index contributed by atoms with van der Waals surface area (Å²) in [5.41, 5.74) is 12.6. The second kappa shape index (κ2) is 10.2. The molecule has 0 bridgehead atoms. The van der Waals surface area contributed by atoms with Crippen molar-refractivity contribution >= 4 is 63.3 Å². The number of hydrogen-bond donors (Lipinski definition) is 0. The van der Waals surface area contributed by atoms with Crippen molar-refractivity contribution in [2.45, 2.75) is 0 Å². The summed E-state index contributed by atoms with van der Waals surface area (Å²) in [5.74, 6) is 2.42. The van der Waals surface area contributed by atoms with Gasteiger partial charge < -0.3 is 9.13 Å². The molecule has 208 valence electrons. The van der Waals surface area contributed by atoms with Crippen molar-refractivity contribution in [1.82, 2.24) is 9.13 Å². The van der Waals surface area contributed by atoms with Crippen LogP contribution in [0.5, 0.6) is 0 Å². The number of benzene rings is 6. The predicted octanol–water partition coefficient (Wildman–Crippen LogP) is 11.0. The van der Waals surface area contributed by atoms with Gasteiger partial charge in [0.05, 0.1) is 22.1 Å². The van der Waals surface area contributed by atoms with E-state index in [0.29, 0.717) is 0 Å². The molecule has 2 aromatic heterocycles. The third-order valence-electron chi connectivity index (χ3n) is 8.95. The first-order chi connectivity index (χ1) is 21.8. The Balaban J connectivity index is 1.13. The third-order valence-corrected chi connectivity index (χ3v) is 10.1. The van der Waals surface area contributed by atoms with E-state index in [1.54, 1.807) is 0 Å². The second-order valence-corrected chi connectivity index (χ2v) is 12.5. The van der Waals surface area contributed by atoms with E-state index in [0.717, 1.165) is 14.7 Å². The number of aromatic nitrogens is 2. The Morgan fingerprint density at radius 3 is 1.36 bits per heavy atom. The Labute approximate surface area is 258 Å². The average molecular weight is 581 g/mol. The minimum absolute atomic E-state index is 0.746. The maximum atomic E-state index is 2.42. The lowest BCUT2D eigenvalue weighted by Gasteiger charge is -2.17. The minimum Gasteiger partial charge on any atom is -0.309 e. The van der Waals surface area contributed by atoms with Gasteiger partial charge in [-0.15, -0.1) is 0 Å². The largest absolute Gasteiger partial charge is 0.309 e. The minimum atomic E-state index is 0.746. The number of fused-ring (bicyclic) bond motifs is 6. The summed E-state index contributed by atoms with van der Waals surface area (Å²) in [4.78, 5) is 0. The van der Waals surface area contributed by atoms with Crippen molar-refractivity contribution in [3.63, 3.8) is 0 Å². The lowest BCUT2D eigenvalue weighted by Crippen LogP contribution is -1.98. The van der Waals surface area contributed by atoms with Gasteiger partial charge in [-0.3, -0.25) is 0 Å². The molecule has 1 atom stereocenters. The number of hydrogen-bond acceptors (Lipinski definition) is 0. The molecule has 8 aromatic rings. The van der Waals surface area contributed by atoms with Crippen molar-refractivity contribution in [2.24, 2.45) is 0 Å². The van der Waals surface area contributed by atoms with Crippen molar-refractivity contribution in [2.75, 3.05) is 6.16 Å². The van der Waals surface area contributed by atoms with Gasteiger partial charge in [-0.2, -0.15) is 0 Å². The summed E-state index contributed by atoms with van der Waals surface area (Å²) in [6.07, 6.45) is 3.47. The Kier molecular flexibility index (Phi) is 5.89. The first-order valence-electron chi connectivity index (χ1n) is 15.2. The quantitative estimate of drug-likeness (QED) is 0.183. The van der Waals surface area contributed by atoms with Gasteiger partial charge in [0.15, 0.2) is 0 Å². The molecule has 0 saturated heterocycles.